The van der Waals surface area contributed by atoms with Gasteiger partial charge in [-0.05, 0) is 187 Å². The minimum Gasteiger partial charge on any atom is -0.504 e. The Hall–Kier alpha value is -9.08. The standard InChI is InChI=1S/C66H60N2O7/c1-46-44-52(28-42-63(46)73-47(2)69)66(3,4)53-29-43-64(62(70)45-53)75-65(71)74-61-40-36-59(37-41-61)68(55-14-10-7-11-15-55)57-32-26-51(27-33-57)23-21-49-18-16-48(17-19-49)20-22-50-24-30-56(31-25-50)67(54-12-8-6-9-13-54)58-34-38-60(72-5)39-35-58/h6-19,24-45,70H,20-23H2,1-5H3. The van der Waals surface area contributed by atoms with E-state index in [1.807, 2.05) is 81.4 Å². The van der Waals surface area contributed by atoms with E-state index in [1.165, 1.54) is 29.2 Å². The normalized spacial score (nSPS) is 11.1. The number of carbonyl (C=O) groups is 2. The Morgan fingerprint density at radius 3 is 1.21 bits per heavy atom. The predicted molar refractivity (Wildman–Crippen MR) is 299 cm³/mol. The average molecular weight is 993 g/mol. The first-order valence-electron chi connectivity index (χ1n) is 25.1. The number of phenolic OH excluding ortho intramolecular Hbond substituents is 1. The molecule has 0 spiro atoms. The van der Waals surface area contributed by atoms with E-state index in [2.05, 4.69) is 131 Å². The zero-order valence-corrected chi connectivity index (χ0v) is 42.9. The molecule has 9 heteroatoms. The third-order valence-electron chi connectivity index (χ3n) is 13.5. The number of esters is 1. The fourth-order valence-electron chi connectivity index (χ4n) is 9.19. The van der Waals surface area contributed by atoms with Gasteiger partial charge in [-0.15, -0.1) is 0 Å². The lowest BCUT2D eigenvalue weighted by molar-refractivity contribution is -0.131. The monoisotopic (exact) mass is 992 g/mol. The minimum absolute atomic E-state index is 0.0302. The van der Waals surface area contributed by atoms with Gasteiger partial charge in [0.2, 0.25) is 0 Å². The van der Waals surface area contributed by atoms with E-state index in [1.54, 1.807) is 43.5 Å². The number of methoxy groups -OCH3 is 1. The van der Waals surface area contributed by atoms with Crippen LogP contribution in [-0.2, 0) is 35.9 Å². The van der Waals surface area contributed by atoms with Gasteiger partial charge >= 0.3 is 12.1 Å². The van der Waals surface area contributed by atoms with E-state index in [-0.39, 0.29) is 23.2 Å². The molecule has 0 aromatic heterocycles. The van der Waals surface area contributed by atoms with Crippen molar-refractivity contribution in [2.45, 2.75) is 58.8 Å². The van der Waals surface area contributed by atoms with Crippen molar-refractivity contribution in [2.75, 3.05) is 16.9 Å². The quantitative estimate of drug-likeness (QED) is 0.0512. The highest BCUT2D eigenvalue weighted by atomic mass is 16.7. The number of hydrogen-bond acceptors (Lipinski definition) is 9. The average Bonchev–Trinajstić information content (AvgIpc) is 3.43. The number of aromatic hydroxyl groups is 1. The van der Waals surface area contributed by atoms with Crippen LogP contribution in [0, 0.1) is 6.92 Å². The molecule has 9 aromatic rings. The van der Waals surface area contributed by atoms with Crippen LogP contribution in [-0.4, -0.2) is 24.3 Å². The summed E-state index contributed by atoms with van der Waals surface area (Å²) >= 11 is 0. The largest absolute Gasteiger partial charge is 0.519 e. The van der Waals surface area contributed by atoms with Gasteiger partial charge in [0.15, 0.2) is 11.5 Å². The summed E-state index contributed by atoms with van der Waals surface area (Å²) in [6.07, 6.45) is 2.77. The first kappa shape index (κ1) is 50.8. The lowest BCUT2D eigenvalue weighted by Crippen LogP contribution is -2.19. The molecule has 0 aliphatic carbocycles. The number of ether oxygens (including phenoxy) is 4. The Kier molecular flexibility index (Phi) is 15.7. The summed E-state index contributed by atoms with van der Waals surface area (Å²) in [5, 5.41) is 11.0. The number of benzene rings is 9. The highest BCUT2D eigenvalue weighted by Gasteiger charge is 2.26. The van der Waals surface area contributed by atoms with Gasteiger partial charge in [0.05, 0.1) is 7.11 Å². The Morgan fingerprint density at radius 1 is 0.440 bits per heavy atom. The van der Waals surface area contributed by atoms with E-state index in [9.17, 15) is 14.7 Å². The van der Waals surface area contributed by atoms with Crippen molar-refractivity contribution in [3.63, 3.8) is 0 Å². The van der Waals surface area contributed by atoms with Crippen molar-refractivity contribution >= 4 is 46.2 Å². The Morgan fingerprint density at radius 2 is 0.813 bits per heavy atom. The van der Waals surface area contributed by atoms with E-state index >= 15 is 0 Å². The molecule has 9 nitrogen and oxygen atoms in total. The van der Waals surface area contributed by atoms with Crippen LogP contribution in [0.1, 0.15) is 59.7 Å². The van der Waals surface area contributed by atoms with Gasteiger partial charge < -0.3 is 33.9 Å². The summed E-state index contributed by atoms with van der Waals surface area (Å²) in [4.78, 5) is 28.9. The fourth-order valence-corrected chi connectivity index (χ4v) is 9.19. The second-order valence-corrected chi connectivity index (χ2v) is 19.0. The highest BCUT2D eigenvalue weighted by Crippen LogP contribution is 2.40. The SMILES string of the molecule is COc1ccc(N(c2ccccc2)c2ccc(CCc3ccc(CCc4ccc(N(c5ccccc5)c5ccc(OC(=O)Oc6ccc(C(C)(C)c7ccc(OC(C)=O)c(C)c7)cc6O)cc5)cc4)cc3)cc2)cc1. The van der Waals surface area contributed by atoms with Crippen molar-refractivity contribution < 1.29 is 33.6 Å². The lowest BCUT2D eigenvalue weighted by Gasteiger charge is -2.27. The summed E-state index contributed by atoms with van der Waals surface area (Å²) in [6.45, 7) is 7.28. The van der Waals surface area contributed by atoms with E-state index in [0.717, 1.165) is 82.2 Å². The first-order chi connectivity index (χ1) is 36.4. The third-order valence-corrected chi connectivity index (χ3v) is 13.5. The molecular formula is C66H60N2O7. The molecule has 0 radical (unpaired) electrons. The van der Waals surface area contributed by atoms with Crippen LogP contribution in [0.4, 0.5) is 38.9 Å². The second-order valence-electron chi connectivity index (χ2n) is 19.0. The molecule has 0 saturated heterocycles. The minimum atomic E-state index is -0.982. The van der Waals surface area contributed by atoms with Crippen LogP contribution in [0.15, 0.2) is 218 Å². The number of hydrogen-bond donors (Lipinski definition) is 1. The Balaban J connectivity index is 0.785. The number of anilines is 6. The molecule has 9 rings (SSSR count). The smallest absolute Gasteiger partial charge is 0.504 e. The van der Waals surface area contributed by atoms with Crippen LogP contribution in [0.5, 0.6) is 28.7 Å². The summed E-state index contributed by atoms with van der Waals surface area (Å²) in [6, 6.07) is 73.0. The third kappa shape index (κ3) is 12.6. The van der Waals surface area contributed by atoms with Gasteiger partial charge in [-0.3, -0.25) is 4.79 Å². The second kappa shape index (κ2) is 23.2. The van der Waals surface area contributed by atoms with Crippen LogP contribution < -0.4 is 28.7 Å². The molecular weight excluding hydrogens is 933 g/mol. The molecule has 0 aliphatic heterocycles. The van der Waals surface area contributed by atoms with E-state index < -0.39 is 11.6 Å². The topological polar surface area (TPSA) is 97.8 Å². The molecule has 0 heterocycles. The van der Waals surface area contributed by atoms with Crippen molar-refractivity contribution in [2.24, 2.45) is 0 Å². The summed E-state index contributed by atoms with van der Waals surface area (Å²) in [5.74, 6) is 0.991. The van der Waals surface area contributed by atoms with Gasteiger partial charge in [-0.1, -0.05) is 117 Å². The number of carbonyl (C=O) groups excluding carboxylic acids is 2. The van der Waals surface area contributed by atoms with E-state index in [0.29, 0.717) is 5.75 Å². The van der Waals surface area contributed by atoms with Crippen LogP contribution in [0.25, 0.3) is 0 Å². The summed E-state index contributed by atoms with van der Waals surface area (Å²) in [7, 11) is 1.69. The van der Waals surface area contributed by atoms with Gasteiger partial charge in [0.25, 0.3) is 0 Å². The first-order valence-corrected chi connectivity index (χ1v) is 25.1. The van der Waals surface area contributed by atoms with Crippen molar-refractivity contribution in [3.8, 4) is 28.7 Å². The molecule has 9 aromatic carbocycles. The fraction of sp³-hybridized carbons (Fsp3) is 0.152. The number of nitrogens with zero attached hydrogens (tertiary/aromatic N) is 2. The van der Waals surface area contributed by atoms with E-state index in [4.69, 9.17) is 18.9 Å². The molecule has 0 saturated carbocycles. The molecule has 75 heavy (non-hydrogen) atoms. The Bertz CT molecular complexity index is 3340. The number of aryl methyl sites for hydroxylation is 5. The van der Waals surface area contributed by atoms with Gasteiger partial charge in [0, 0.05) is 46.5 Å². The molecule has 0 aliphatic rings. The lowest BCUT2D eigenvalue weighted by atomic mass is 9.77. The van der Waals surface area contributed by atoms with Crippen LogP contribution in [0.2, 0.25) is 0 Å². The maximum absolute atomic E-state index is 13.0. The highest BCUT2D eigenvalue weighted by molar-refractivity contribution is 5.78. The molecule has 1 N–H and O–H groups in total. The van der Waals surface area contributed by atoms with Gasteiger partial charge in [-0.2, -0.15) is 0 Å². The molecule has 0 amide bonds. The number of para-hydroxylation sites is 2. The van der Waals surface area contributed by atoms with Crippen LogP contribution in [0.3, 0.4) is 0 Å². The number of phenols is 1. The van der Waals surface area contributed by atoms with Crippen molar-refractivity contribution in [1.29, 1.82) is 0 Å². The predicted octanol–water partition coefficient (Wildman–Crippen LogP) is 16.0. The zero-order valence-electron chi connectivity index (χ0n) is 42.9. The van der Waals surface area contributed by atoms with Crippen molar-refractivity contribution in [3.05, 3.63) is 257 Å². The van der Waals surface area contributed by atoms with Crippen molar-refractivity contribution in [1.82, 2.24) is 0 Å². The van der Waals surface area contributed by atoms with Gasteiger partial charge in [-0.25, -0.2) is 4.79 Å². The maximum Gasteiger partial charge on any atom is 0.519 e. The molecule has 376 valence electrons. The Labute approximate surface area is 439 Å². The molecule has 0 fully saturated rings. The molecule has 0 atom stereocenters. The molecule has 0 unspecified atom stereocenters. The summed E-state index contributed by atoms with van der Waals surface area (Å²) in [5.41, 5.74) is 13.3. The van der Waals surface area contributed by atoms with Gasteiger partial charge in [0.1, 0.15) is 17.2 Å². The van der Waals surface area contributed by atoms with Crippen LogP contribution >= 0.6 is 0 Å². The molecule has 0 bridgehead atoms. The maximum atomic E-state index is 13.0. The summed E-state index contributed by atoms with van der Waals surface area (Å²) < 4.78 is 21.7. The number of rotatable bonds is 18. The zero-order chi connectivity index (χ0) is 52.3.